The van der Waals surface area contributed by atoms with Crippen LogP contribution in [0.5, 0.6) is 11.5 Å². The highest BCUT2D eigenvalue weighted by molar-refractivity contribution is 6.33. The molecule has 4 aromatic rings. The number of rotatable bonds is 10. The number of aromatic nitrogens is 3. The van der Waals surface area contributed by atoms with Crippen molar-refractivity contribution in [2.45, 2.75) is 6.92 Å². The molecule has 0 spiro atoms. The summed E-state index contributed by atoms with van der Waals surface area (Å²) in [4.78, 5) is 63.6. The third kappa shape index (κ3) is 6.48. The summed E-state index contributed by atoms with van der Waals surface area (Å²) < 4.78 is 11.5. The molecule has 0 saturated heterocycles. The molecule has 41 heavy (non-hydrogen) atoms. The van der Waals surface area contributed by atoms with E-state index in [1.54, 1.807) is 19.1 Å². The summed E-state index contributed by atoms with van der Waals surface area (Å²) in [7, 11) is 1.39. The van der Waals surface area contributed by atoms with Gasteiger partial charge in [0.15, 0.2) is 18.2 Å². The van der Waals surface area contributed by atoms with E-state index in [4.69, 9.17) is 37.5 Å². The largest absolute Gasteiger partial charge is 0.493 e. The lowest BCUT2D eigenvalue weighted by Crippen LogP contribution is -2.34. The standard InChI is InChI=1S/C26H21Cl2N5O8/c1-3-39-18-6-4-5-15(24(36)37)21(18)25(38)41-33-17-8-7-14(31-22-16(27)11-30-26(28)32-22)9-13(17)10-19(23(33)35)40-12-20(34)29-2/h4-11H,3,12H2,1-2H3,(H,29,34)(H,36,37)(H,30,31,32). The minimum absolute atomic E-state index is 0.0450. The van der Waals surface area contributed by atoms with Gasteiger partial charge in [0.2, 0.25) is 5.28 Å². The first-order valence-electron chi connectivity index (χ1n) is 11.8. The Morgan fingerprint density at radius 2 is 1.85 bits per heavy atom. The van der Waals surface area contributed by atoms with Crippen molar-refractivity contribution in [3.05, 3.63) is 80.4 Å². The highest BCUT2D eigenvalue weighted by atomic mass is 35.5. The van der Waals surface area contributed by atoms with E-state index in [9.17, 15) is 24.3 Å². The van der Waals surface area contributed by atoms with Crippen LogP contribution in [0.3, 0.4) is 0 Å². The molecule has 2 heterocycles. The first kappa shape index (κ1) is 29.1. The zero-order chi connectivity index (χ0) is 29.7. The van der Waals surface area contributed by atoms with Crippen LogP contribution >= 0.6 is 23.2 Å². The normalized spacial score (nSPS) is 10.6. The van der Waals surface area contributed by atoms with Gasteiger partial charge >= 0.3 is 17.5 Å². The van der Waals surface area contributed by atoms with Crippen LogP contribution in [0.4, 0.5) is 11.5 Å². The number of amides is 1. The maximum atomic E-state index is 13.4. The van der Waals surface area contributed by atoms with E-state index in [0.29, 0.717) is 15.8 Å². The van der Waals surface area contributed by atoms with Crippen molar-refractivity contribution in [2.24, 2.45) is 0 Å². The van der Waals surface area contributed by atoms with Gasteiger partial charge < -0.3 is 30.1 Å². The molecule has 2 aromatic heterocycles. The lowest BCUT2D eigenvalue weighted by Gasteiger charge is -2.16. The SMILES string of the molecule is CCOc1cccc(C(=O)O)c1C(=O)On1c(=O)c(OCC(=O)NC)cc2cc(Nc3nc(Cl)ncc3Cl)ccc21. The number of hydrogen-bond donors (Lipinski definition) is 3. The van der Waals surface area contributed by atoms with E-state index in [2.05, 4.69) is 20.6 Å². The Kier molecular flexibility index (Phi) is 8.90. The van der Waals surface area contributed by atoms with Crippen LogP contribution in [-0.2, 0) is 4.79 Å². The van der Waals surface area contributed by atoms with E-state index in [0.717, 1.165) is 0 Å². The number of carboxylic acids is 1. The molecular weight excluding hydrogens is 581 g/mol. The number of carboxylic acid groups (broad SMARTS) is 1. The molecule has 2 aromatic carbocycles. The Balaban J connectivity index is 1.83. The predicted molar refractivity (Wildman–Crippen MR) is 149 cm³/mol. The van der Waals surface area contributed by atoms with Crippen LogP contribution in [0.15, 0.2) is 53.5 Å². The summed E-state index contributed by atoms with van der Waals surface area (Å²) in [5, 5.41) is 15.5. The maximum absolute atomic E-state index is 13.4. The zero-order valence-electron chi connectivity index (χ0n) is 21.4. The fourth-order valence-corrected chi connectivity index (χ4v) is 3.92. The molecule has 0 radical (unpaired) electrons. The van der Waals surface area contributed by atoms with Crippen LogP contribution in [0.25, 0.3) is 10.9 Å². The molecule has 0 aliphatic carbocycles. The van der Waals surface area contributed by atoms with Crippen LogP contribution < -0.4 is 30.5 Å². The number of aromatic carboxylic acids is 1. The average Bonchev–Trinajstić information content (AvgIpc) is 2.95. The van der Waals surface area contributed by atoms with Gasteiger partial charge in [-0.05, 0) is 54.9 Å². The molecule has 0 unspecified atom stereocenters. The second kappa shape index (κ2) is 12.5. The number of nitrogens with one attached hydrogen (secondary N) is 2. The van der Waals surface area contributed by atoms with Crippen molar-refractivity contribution in [1.82, 2.24) is 20.0 Å². The number of carbonyl (C=O) groups is 3. The van der Waals surface area contributed by atoms with Gasteiger partial charge in [-0.25, -0.2) is 14.6 Å². The summed E-state index contributed by atoms with van der Waals surface area (Å²) >= 11 is 12.0. The molecular formula is C26H21Cl2N5O8. The molecule has 13 nitrogen and oxygen atoms in total. The Bertz CT molecular complexity index is 1730. The lowest BCUT2D eigenvalue weighted by molar-refractivity contribution is -0.122. The summed E-state index contributed by atoms with van der Waals surface area (Å²) in [6.07, 6.45) is 1.31. The summed E-state index contributed by atoms with van der Waals surface area (Å²) in [6, 6.07) is 9.92. The van der Waals surface area contributed by atoms with Crippen LogP contribution in [-0.4, -0.2) is 57.9 Å². The number of fused-ring (bicyclic) bond motifs is 1. The highest BCUT2D eigenvalue weighted by Crippen LogP contribution is 2.28. The monoisotopic (exact) mass is 601 g/mol. The van der Waals surface area contributed by atoms with Crippen molar-refractivity contribution >= 4 is 63.5 Å². The number of benzene rings is 2. The topological polar surface area (TPSA) is 171 Å². The van der Waals surface area contributed by atoms with Crippen molar-refractivity contribution in [3.8, 4) is 11.5 Å². The van der Waals surface area contributed by atoms with Gasteiger partial charge in [-0.3, -0.25) is 9.59 Å². The number of likely N-dealkylation sites (N-methyl/N-ethyl adjacent to an activating group) is 1. The van der Waals surface area contributed by atoms with Gasteiger partial charge in [0.25, 0.3) is 5.91 Å². The van der Waals surface area contributed by atoms with Gasteiger partial charge in [-0.1, -0.05) is 17.7 Å². The number of ether oxygens (including phenoxy) is 2. The average molecular weight is 602 g/mol. The molecule has 212 valence electrons. The van der Waals surface area contributed by atoms with Crippen LogP contribution in [0.2, 0.25) is 10.3 Å². The molecule has 0 aliphatic rings. The summed E-state index contributed by atoms with van der Waals surface area (Å²) in [5.41, 5.74) is -1.16. The first-order valence-corrected chi connectivity index (χ1v) is 12.6. The van der Waals surface area contributed by atoms with Crippen molar-refractivity contribution in [3.63, 3.8) is 0 Å². The van der Waals surface area contributed by atoms with Gasteiger partial charge in [-0.15, -0.1) is 4.73 Å². The Morgan fingerprint density at radius 3 is 2.56 bits per heavy atom. The zero-order valence-corrected chi connectivity index (χ0v) is 22.9. The molecule has 1 amide bonds. The van der Waals surface area contributed by atoms with E-state index in [-0.39, 0.29) is 39.7 Å². The number of hydrogen-bond acceptors (Lipinski definition) is 10. The van der Waals surface area contributed by atoms with E-state index in [1.165, 1.54) is 43.6 Å². The molecule has 3 N–H and O–H groups in total. The number of halogens is 2. The van der Waals surface area contributed by atoms with E-state index < -0.39 is 41.1 Å². The van der Waals surface area contributed by atoms with E-state index in [1.807, 2.05) is 0 Å². The number of anilines is 2. The number of pyridine rings is 1. The van der Waals surface area contributed by atoms with Crippen molar-refractivity contribution < 1.29 is 33.8 Å². The molecule has 0 atom stereocenters. The van der Waals surface area contributed by atoms with E-state index >= 15 is 0 Å². The van der Waals surface area contributed by atoms with Crippen molar-refractivity contribution in [2.75, 3.05) is 25.6 Å². The van der Waals surface area contributed by atoms with Crippen LogP contribution in [0, 0.1) is 0 Å². The van der Waals surface area contributed by atoms with Gasteiger partial charge in [0, 0.05) is 18.1 Å². The van der Waals surface area contributed by atoms with Crippen molar-refractivity contribution in [1.29, 1.82) is 0 Å². The molecule has 4 rings (SSSR count). The Labute approximate surface area is 241 Å². The smallest absolute Gasteiger partial charge is 0.368 e. The first-order chi connectivity index (χ1) is 19.6. The fraction of sp³-hybridized carbons (Fsp3) is 0.154. The minimum atomic E-state index is -1.41. The van der Waals surface area contributed by atoms with Gasteiger partial charge in [0.05, 0.1) is 23.9 Å². The maximum Gasteiger partial charge on any atom is 0.368 e. The summed E-state index contributed by atoms with van der Waals surface area (Å²) in [5.74, 6) is -3.27. The predicted octanol–water partition coefficient (Wildman–Crippen LogP) is 3.33. The van der Waals surface area contributed by atoms with Crippen LogP contribution in [0.1, 0.15) is 27.6 Å². The summed E-state index contributed by atoms with van der Waals surface area (Å²) in [6.45, 7) is 1.28. The fourth-order valence-electron chi connectivity index (χ4n) is 3.65. The Morgan fingerprint density at radius 1 is 1.07 bits per heavy atom. The second-order valence-electron chi connectivity index (χ2n) is 8.10. The second-order valence-corrected chi connectivity index (χ2v) is 8.85. The lowest BCUT2D eigenvalue weighted by atomic mass is 10.1. The molecule has 0 aliphatic heterocycles. The molecule has 0 saturated carbocycles. The molecule has 15 heteroatoms. The third-order valence-electron chi connectivity index (χ3n) is 5.48. The molecule has 0 bridgehead atoms. The quantitative estimate of drug-likeness (QED) is 0.228. The number of carbonyl (C=O) groups excluding carboxylic acids is 2. The minimum Gasteiger partial charge on any atom is -0.493 e. The Hall–Kier alpha value is -4.88. The molecule has 0 fully saturated rings. The van der Waals surface area contributed by atoms with Gasteiger partial charge in [-0.2, -0.15) is 4.98 Å². The number of nitrogens with zero attached hydrogens (tertiary/aromatic N) is 3. The highest BCUT2D eigenvalue weighted by Gasteiger charge is 2.25. The van der Waals surface area contributed by atoms with Gasteiger partial charge in [0.1, 0.15) is 16.3 Å². The third-order valence-corrected chi connectivity index (χ3v) is 5.94.